The van der Waals surface area contributed by atoms with Crippen LogP contribution in [0.25, 0.3) is 0 Å². The van der Waals surface area contributed by atoms with E-state index in [2.05, 4.69) is 10.3 Å². The molecule has 0 radical (unpaired) electrons. The molecule has 0 amide bonds. The summed E-state index contributed by atoms with van der Waals surface area (Å²) >= 11 is 0. The van der Waals surface area contributed by atoms with Crippen LogP contribution in [0.15, 0.2) is 91.1 Å². The van der Waals surface area contributed by atoms with Crippen LogP contribution < -0.4 is 4.74 Å². The second kappa shape index (κ2) is 7.66. The summed E-state index contributed by atoms with van der Waals surface area (Å²) in [6, 6.07) is 26.3. The zero-order chi connectivity index (χ0) is 18.5. The number of aromatic nitrogens is 3. The van der Waals surface area contributed by atoms with Gasteiger partial charge in [0, 0.05) is 11.1 Å². The molecule has 27 heavy (non-hydrogen) atoms. The van der Waals surface area contributed by atoms with E-state index >= 15 is 0 Å². The number of rotatable bonds is 6. The Balaban J connectivity index is 1.48. The highest BCUT2D eigenvalue weighted by molar-refractivity contribution is 6.08. The number of nitrogens with zero attached hydrogens (tertiary/aromatic N) is 3. The monoisotopic (exact) mass is 355 g/mol. The first kappa shape index (κ1) is 16.7. The van der Waals surface area contributed by atoms with Crippen molar-refractivity contribution < 1.29 is 9.53 Å². The summed E-state index contributed by atoms with van der Waals surface area (Å²) in [5, 5.41) is 8.01. The molecule has 132 valence electrons. The molecular weight excluding hydrogens is 338 g/mol. The predicted molar refractivity (Wildman–Crippen MR) is 102 cm³/mol. The second-order valence-electron chi connectivity index (χ2n) is 6.04. The molecule has 0 unspecified atom stereocenters. The summed E-state index contributed by atoms with van der Waals surface area (Å²) in [5.74, 6) is 1.15. The van der Waals surface area contributed by atoms with Crippen LogP contribution in [0.3, 0.4) is 0 Å². The second-order valence-corrected chi connectivity index (χ2v) is 6.04. The van der Waals surface area contributed by atoms with Crippen LogP contribution in [-0.2, 0) is 6.54 Å². The van der Waals surface area contributed by atoms with Gasteiger partial charge < -0.3 is 4.74 Å². The summed E-state index contributed by atoms with van der Waals surface area (Å²) in [4.78, 5) is 12.5. The van der Waals surface area contributed by atoms with Crippen molar-refractivity contribution in [2.75, 3.05) is 0 Å². The fraction of sp³-hybridized carbons (Fsp3) is 0.0455. The lowest BCUT2D eigenvalue weighted by Gasteiger charge is -2.08. The summed E-state index contributed by atoms with van der Waals surface area (Å²) in [6.07, 6.45) is 1.58. The first-order chi connectivity index (χ1) is 13.3. The van der Waals surface area contributed by atoms with E-state index in [1.54, 1.807) is 47.3 Å². The van der Waals surface area contributed by atoms with Crippen molar-refractivity contribution >= 4 is 5.78 Å². The Bertz CT molecular complexity index is 1030. The first-order valence-electron chi connectivity index (χ1n) is 8.60. The standard InChI is InChI=1S/C22H17N3O2/c26-22(18-9-5-2-6-10-18)19-11-13-20(14-12-19)27-21-15-23-24-25(21)16-17-7-3-1-4-8-17/h1-15H,16H2. The lowest BCUT2D eigenvalue weighted by molar-refractivity contribution is 0.103. The third-order valence-electron chi connectivity index (χ3n) is 4.13. The minimum Gasteiger partial charge on any atom is -0.438 e. The largest absolute Gasteiger partial charge is 0.438 e. The van der Waals surface area contributed by atoms with Crippen molar-refractivity contribution in [2.24, 2.45) is 0 Å². The molecule has 0 saturated heterocycles. The van der Waals surface area contributed by atoms with Gasteiger partial charge >= 0.3 is 0 Å². The fourth-order valence-corrected chi connectivity index (χ4v) is 2.74. The van der Waals surface area contributed by atoms with Gasteiger partial charge in [-0.2, -0.15) is 0 Å². The third-order valence-corrected chi connectivity index (χ3v) is 4.13. The molecule has 1 heterocycles. The van der Waals surface area contributed by atoms with Gasteiger partial charge in [0.15, 0.2) is 5.78 Å². The van der Waals surface area contributed by atoms with E-state index in [0.717, 1.165) is 5.56 Å². The number of carbonyl (C=O) groups is 1. The Morgan fingerprint density at radius 2 is 1.44 bits per heavy atom. The molecule has 1 aromatic heterocycles. The van der Waals surface area contributed by atoms with Gasteiger partial charge in [-0.3, -0.25) is 4.79 Å². The minimum absolute atomic E-state index is 0.0158. The van der Waals surface area contributed by atoms with E-state index in [0.29, 0.717) is 29.3 Å². The van der Waals surface area contributed by atoms with Crippen LogP contribution in [0.1, 0.15) is 21.5 Å². The molecule has 0 saturated carbocycles. The topological polar surface area (TPSA) is 57.0 Å². The van der Waals surface area contributed by atoms with Gasteiger partial charge in [0.05, 0.1) is 6.54 Å². The van der Waals surface area contributed by atoms with Gasteiger partial charge in [0.1, 0.15) is 11.9 Å². The molecule has 4 aromatic rings. The highest BCUT2D eigenvalue weighted by Gasteiger charge is 2.10. The van der Waals surface area contributed by atoms with Gasteiger partial charge in [-0.05, 0) is 29.8 Å². The molecule has 5 heteroatoms. The smallest absolute Gasteiger partial charge is 0.238 e. The highest BCUT2D eigenvalue weighted by Crippen LogP contribution is 2.22. The maximum Gasteiger partial charge on any atom is 0.238 e. The van der Waals surface area contributed by atoms with Crippen molar-refractivity contribution in [3.63, 3.8) is 0 Å². The fourth-order valence-electron chi connectivity index (χ4n) is 2.74. The lowest BCUT2D eigenvalue weighted by atomic mass is 10.0. The Hall–Kier alpha value is -3.73. The molecule has 0 spiro atoms. The average Bonchev–Trinajstić information content (AvgIpc) is 3.16. The molecule has 0 fully saturated rings. The normalized spacial score (nSPS) is 10.5. The van der Waals surface area contributed by atoms with E-state index < -0.39 is 0 Å². The predicted octanol–water partition coefficient (Wildman–Crippen LogP) is 4.35. The van der Waals surface area contributed by atoms with Crippen molar-refractivity contribution in [3.05, 3.63) is 108 Å². The Morgan fingerprint density at radius 1 is 0.815 bits per heavy atom. The van der Waals surface area contributed by atoms with Crippen LogP contribution in [-0.4, -0.2) is 20.8 Å². The maximum atomic E-state index is 12.5. The molecule has 0 aliphatic carbocycles. The zero-order valence-corrected chi connectivity index (χ0v) is 14.5. The molecule has 0 aliphatic rings. The Labute approximate surface area is 156 Å². The van der Waals surface area contributed by atoms with Gasteiger partial charge in [0.2, 0.25) is 5.88 Å². The van der Waals surface area contributed by atoms with Crippen LogP contribution >= 0.6 is 0 Å². The number of carbonyl (C=O) groups excluding carboxylic acids is 1. The summed E-state index contributed by atoms with van der Waals surface area (Å²) < 4.78 is 7.58. The molecule has 0 N–H and O–H groups in total. The van der Waals surface area contributed by atoms with Gasteiger partial charge in [-0.25, -0.2) is 4.68 Å². The average molecular weight is 355 g/mol. The lowest BCUT2D eigenvalue weighted by Crippen LogP contribution is -2.04. The maximum absolute atomic E-state index is 12.5. The molecule has 5 nitrogen and oxygen atoms in total. The van der Waals surface area contributed by atoms with E-state index in [-0.39, 0.29) is 5.78 Å². The van der Waals surface area contributed by atoms with Gasteiger partial charge in [-0.1, -0.05) is 65.9 Å². The number of hydrogen-bond acceptors (Lipinski definition) is 4. The van der Waals surface area contributed by atoms with E-state index in [9.17, 15) is 4.79 Å². The summed E-state index contributed by atoms with van der Waals surface area (Å²) in [7, 11) is 0. The number of ether oxygens (including phenoxy) is 1. The van der Waals surface area contributed by atoms with Crippen LogP contribution in [0.4, 0.5) is 0 Å². The molecule has 0 atom stereocenters. The number of hydrogen-bond donors (Lipinski definition) is 0. The zero-order valence-electron chi connectivity index (χ0n) is 14.5. The Kier molecular flexibility index (Phi) is 4.74. The molecule has 3 aromatic carbocycles. The van der Waals surface area contributed by atoms with Crippen LogP contribution in [0, 0.1) is 0 Å². The molecular formula is C22H17N3O2. The molecule has 0 bridgehead atoms. The van der Waals surface area contributed by atoms with Crippen LogP contribution in [0.2, 0.25) is 0 Å². The molecule has 4 rings (SSSR count). The Morgan fingerprint density at radius 3 is 2.15 bits per heavy atom. The van der Waals surface area contributed by atoms with Crippen molar-refractivity contribution in [1.29, 1.82) is 0 Å². The summed E-state index contributed by atoms with van der Waals surface area (Å²) in [5.41, 5.74) is 2.39. The minimum atomic E-state index is -0.0158. The van der Waals surface area contributed by atoms with E-state index in [1.807, 2.05) is 48.5 Å². The van der Waals surface area contributed by atoms with Gasteiger partial charge in [-0.15, -0.1) is 5.10 Å². The quantitative estimate of drug-likeness (QED) is 0.483. The number of ketones is 1. The first-order valence-corrected chi connectivity index (χ1v) is 8.60. The summed E-state index contributed by atoms with van der Waals surface area (Å²) in [6.45, 7) is 0.570. The van der Waals surface area contributed by atoms with Crippen molar-refractivity contribution in [1.82, 2.24) is 15.0 Å². The van der Waals surface area contributed by atoms with Crippen molar-refractivity contribution in [2.45, 2.75) is 6.54 Å². The van der Waals surface area contributed by atoms with E-state index in [1.165, 1.54) is 0 Å². The molecule has 0 aliphatic heterocycles. The van der Waals surface area contributed by atoms with Crippen molar-refractivity contribution in [3.8, 4) is 11.6 Å². The third kappa shape index (κ3) is 3.93. The SMILES string of the molecule is O=C(c1ccccc1)c1ccc(Oc2cnnn2Cc2ccccc2)cc1. The highest BCUT2D eigenvalue weighted by atomic mass is 16.5. The number of benzene rings is 3. The van der Waals surface area contributed by atoms with Crippen LogP contribution in [0.5, 0.6) is 11.6 Å². The van der Waals surface area contributed by atoms with E-state index in [4.69, 9.17) is 4.74 Å². The van der Waals surface area contributed by atoms with Gasteiger partial charge in [0.25, 0.3) is 0 Å².